The lowest BCUT2D eigenvalue weighted by Crippen LogP contribution is -2.13. The van der Waals surface area contributed by atoms with E-state index in [4.69, 9.17) is 5.73 Å². The van der Waals surface area contributed by atoms with Crippen molar-refractivity contribution in [3.8, 4) is 11.5 Å². The van der Waals surface area contributed by atoms with E-state index in [9.17, 15) is 20.3 Å². The molecule has 6 nitrogen and oxygen atoms in total. The number of nitro benzene ring substituents is 1. The Morgan fingerprint density at radius 3 is 2.35 bits per heavy atom. The number of hydrogen-bond donors (Lipinski definition) is 3. The molecule has 2 rings (SSSR count). The summed E-state index contributed by atoms with van der Waals surface area (Å²) in [5, 5.41) is 29.5. The summed E-state index contributed by atoms with van der Waals surface area (Å²) >= 11 is 0. The molecule has 0 aliphatic heterocycles. The lowest BCUT2D eigenvalue weighted by atomic mass is 9.98. The van der Waals surface area contributed by atoms with Gasteiger partial charge in [-0.15, -0.1) is 0 Å². The van der Waals surface area contributed by atoms with E-state index in [1.54, 1.807) is 18.2 Å². The molecule has 2 aromatic rings. The Morgan fingerprint density at radius 1 is 1.15 bits per heavy atom. The molecule has 104 valence electrons. The summed E-state index contributed by atoms with van der Waals surface area (Å²) in [6.07, 6.45) is 0.427. The minimum atomic E-state index is -0.463. The van der Waals surface area contributed by atoms with Crippen LogP contribution in [0.15, 0.2) is 42.5 Å². The van der Waals surface area contributed by atoms with E-state index in [0.717, 1.165) is 5.56 Å². The third kappa shape index (κ3) is 3.04. The van der Waals surface area contributed by atoms with Crippen LogP contribution in [-0.2, 0) is 6.42 Å². The molecule has 1 unspecified atom stereocenters. The van der Waals surface area contributed by atoms with Gasteiger partial charge in [-0.25, -0.2) is 0 Å². The van der Waals surface area contributed by atoms with Crippen LogP contribution < -0.4 is 5.73 Å². The lowest BCUT2D eigenvalue weighted by Gasteiger charge is -2.14. The summed E-state index contributed by atoms with van der Waals surface area (Å²) in [6.45, 7) is 0. The van der Waals surface area contributed by atoms with Gasteiger partial charge in [-0.1, -0.05) is 18.2 Å². The summed E-state index contributed by atoms with van der Waals surface area (Å²) in [5.41, 5.74) is 7.37. The van der Waals surface area contributed by atoms with Crippen molar-refractivity contribution in [1.82, 2.24) is 0 Å². The summed E-state index contributed by atoms with van der Waals surface area (Å²) in [6, 6.07) is 9.87. The van der Waals surface area contributed by atoms with Crippen molar-refractivity contribution >= 4 is 5.69 Å². The minimum absolute atomic E-state index is 0.0230. The van der Waals surface area contributed by atoms with Gasteiger partial charge in [-0.3, -0.25) is 10.1 Å². The van der Waals surface area contributed by atoms with Crippen molar-refractivity contribution in [3.63, 3.8) is 0 Å². The molecule has 2 aromatic carbocycles. The van der Waals surface area contributed by atoms with Crippen molar-refractivity contribution in [2.75, 3.05) is 0 Å². The van der Waals surface area contributed by atoms with Crippen LogP contribution >= 0.6 is 0 Å². The number of rotatable bonds is 4. The van der Waals surface area contributed by atoms with E-state index in [-0.39, 0.29) is 17.2 Å². The Labute approximate surface area is 115 Å². The van der Waals surface area contributed by atoms with Crippen molar-refractivity contribution in [2.24, 2.45) is 5.73 Å². The number of aromatic hydroxyl groups is 2. The van der Waals surface area contributed by atoms with E-state index in [1.165, 1.54) is 24.3 Å². The van der Waals surface area contributed by atoms with E-state index < -0.39 is 11.0 Å². The molecule has 0 amide bonds. The molecule has 0 fully saturated rings. The van der Waals surface area contributed by atoms with Gasteiger partial charge in [-0.05, 0) is 18.1 Å². The first kappa shape index (κ1) is 13.8. The predicted octanol–water partition coefficient (Wildman–Crippen LogP) is 2.25. The first-order valence-corrected chi connectivity index (χ1v) is 5.98. The molecule has 1 atom stereocenters. The fourth-order valence-corrected chi connectivity index (χ4v) is 1.96. The summed E-state index contributed by atoms with van der Waals surface area (Å²) in [5.74, 6) is -0.104. The number of nitrogens with two attached hydrogens (primary N) is 1. The van der Waals surface area contributed by atoms with Gasteiger partial charge in [0.25, 0.3) is 5.69 Å². The monoisotopic (exact) mass is 274 g/mol. The number of nitro groups is 1. The standard InChI is InChI=1S/C14H14N2O4/c15-13(12-6-5-11(17)8-14(12)18)7-9-1-3-10(4-2-9)16(19)20/h1-6,8,13,17-18H,7,15H2. The molecule has 4 N–H and O–H groups in total. The van der Waals surface area contributed by atoms with Crippen molar-refractivity contribution in [1.29, 1.82) is 0 Å². The Kier molecular flexibility index (Phi) is 3.86. The van der Waals surface area contributed by atoms with Crippen molar-refractivity contribution in [2.45, 2.75) is 12.5 Å². The van der Waals surface area contributed by atoms with Gasteiger partial charge in [0.05, 0.1) is 4.92 Å². The third-order valence-corrected chi connectivity index (χ3v) is 3.02. The van der Waals surface area contributed by atoms with Crippen LogP contribution in [0.5, 0.6) is 11.5 Å². The Bertz CT molecular complexity index is 626. The largest absolute Gasteiger partial charge is 0.508 e. The number of non-ortho nitro benzene ring substituents is 1. The van der Waals surface area contributed by atoms with Crippen LogP contribution in [0, 0.1) is 10.1 Å². The predicted molar refractivity (Wildman–Crippen MR) is 73.5 cm³/mol. The zero-order chi connectivity index (χ0) is 14.7. The Balaban J connectivity index is 2.14. The van der Waals surface area contributed by atoms with E-state index >= 15 is 0 Å². The van der Waals surface area contributed by atoms with Crippen molar-refractivity contribution in [3.05, 3.63) is 63.7 Å². The maximum atomic E-state index is 10.6. The van der Waals surface area contributed by atoms with Gasteiger partial charge in [0, 0.05) is 29.8 Å². The average molecular weight is 274 g/mol. The molecule has 0 bridgehead atoms. The second kappa shape index (κ2) is 5.58. The van der Waals surface area contributed by atoms with Gasteiger partial charge in [0.2, 0.25) is 0 Å². The van der Waals surface area contributed by atoms with Crippen LogP contribution in [0.25, 0.3) is 0 Å². The maximum absolute atomic E-state index is 10.6. The van der Waals surface area contributed by atoms with Crippen molar-refractivity contribution < 1.29 is 15.1 Å². The molecule has 20 heavy (non-hydrogen) atoms. The fourth-order valence-electron chi connectivity index (χ4n) is 1.96. The van der Waals surface area contributed by atoms with Gasteiger partial charge in [-0.2, -0.15) is 0 Å². The topological polar surface area (TPSA) is 110 Å². The molecule has 0 radical (unpaired) electrons. The highest BCUT2D eigenvalue weighted by Gasteiger charge is 2.13. The molecule has 0 saturated heterocycles. The first-order valence-electron chi connectivity index (χ1n) is 5.98. The zero-order valence-electron chi connectivity index (χ0n) is 10.6. The smallest absolute Gasteiger partial charge is 0.269 e. The SMILES string of the molecule is NC(Cc1ccc([N+](=O)[O-])cc1)c1ccc(O)cc1O. The molecular formula is C14H14N2O4. The minimum Gasteiger partial charge on any atom is -0.508 e. The highest BCUT2D eigenvalue weighted by molar-refractivity contribution is 5.41. The molecule has 0 aromatic heterocycles. The highest BCUT2D eigenvalue weighted by Crippen LogP contribution is 2.28. The summed E-state index contributed by atoms with van der Waals surface area (Å²) in [7, 11) is 0. The molecule has 0 spiro atoms. The van der Waals surface area contributed by atoms with Gasteiger partial charge >= 0.3 is 0 Å². The number of phenols is 2. The van der Waals surface area contributed by atoms with E-state index in [0.29, 0.717) is 12.0 Å². The van der Waals surface area contributed by atoms with Gasteiger partial charge in [0.15, 0.2) is 0 Å². The number of hydrogen-bond acceptors (Lipinski definition) is 5. The molecule has 6 heteroatoms. The maximum Gasteiger partial charge on any atom is 0.269 e. The number of benzene rings is 2. The third-order valence-electron chi connectivity index (χ3n) is 3.02. The molecule has 0 aliphatic carbocycles. The molecule has 0 aliphatic rings. The first-order chi connectivity index (χ1) is 9.47. The van der Waals surface area contributed by atoms with E-state index in [2.05, 4.69) is 0 Å². The Morgan fingerprint density at radius 2 is 1.80 bits per heavy atom. The molecule has 0 saturated carbocycles. The summed E-state index contributed by atoms with van der Waals surface area (Å²) in [4.78, 5) is 10.1. The summed E-state index contributed by atoms with van der Waals surface area (Å²) < 4.78 is 0. The lowest BCUT2D eigenvalue weighted by molar-refractivity contribution is -0.384. The van der Waals surface area contributed by atoms with Crippen LogP contribution in [0.2, 0.25) is 0 Å². The zero-order valence-corrected chi connectivity index (χ0v) is 10.6. The van der Waals surface area contributed by atoms with E-state index in [1.807, 2.05) is 0 Å². The fraction of sp³-hybridized carbons (Fsp3) is 0.143. The van der Waals surface area contributed by atoms with Crippen LogP contribution in [0.1, 0.15) is 17.2 Å². The number of nitrogens with zero attached hydrogens (tertiary/aromatic N) is 1. The second-order valence-electron chi connectivity index (χ2n) is 4.48. The van der Waals surface area contributed by atoms with Crippen LogP contribution in [-0.4, -0.2) is 15.1 Å². The Hall–Kier alpha value is -2.60. The quantitative estimate of drug-likeness (QED) is 0.585. The van der Waals surface area contributed by atoms with Gasteiger partial charge < -0.3 is 15.9 Å². The van der Waals surface area contributed by atoms with Crippen LogP contribution in [0.3, 0.4) is 0 Å². The normalized spacial score (nSPS) is 12.1. The average Bonchev–Trinajstić information content (AvgIpc) is 2.39. The number of phenolic OH excluding ortho intramolecular Hbond substituents is 2. The molecular weight excluding hydrogens is 260 g/mol. The van der Waals surface area contributed by atoms with Gasteiger partial charge in [0.1, 0.15) is 11.5 Å². The van der Waals surface area contributed by atoms with Crippen LogP contribution in [0.4, 0.5) is 5.69 Å². The second-order valence-corrected chi connectivity index (χ2v) is 4.48. The highest BCUT2D eigenvalue weighted by atomic mass is 16.6. The molecule has 0 heterocycles.